The van der Waals surface area contributed by atoms with Gasteiger partial charge >= 0.3 is 0 Å². The van der Waals surface area contributed by atoms with Gasteiger partial charge in [-0.3, -0.25) is 9.69 Å². The van der Waals surface area contributed by atoms with Gasteiger partial charge in [-0.15, -0.1) is 0 Å². The number of nitrogens with zero attached hydrogens (tertiary/aromatic N) is 2. The molecule has 30 heavy (non-hydrogen) atoms. The molecule has 0 saturated carbocycles. The van der Waals surface area contributed by atoms with Gasteiger partial charge in [0.2, 0.25) is 0 Å². The smallest absolute Gasteiger partial charge is 0.193 e. The third-order valence-electron chi connectivity index (χ3n) is 5.31. The Balaban J connectivity index is 1.94. The van der Waals surface area contributed by atoms with E-state index in [1.807, 2.05) is 18.2 Å². The lowest BCUT2D eigenvalue weighted by molar-refractivity contribution is 0.104. The molecule has 0 aromatic heterocycles. The molecular weight excluding hydrogens is 404 g/mol. The number of halogens is 1. The summed E-state index contributed by atoms with van der Waals surface area (Å²) in [6.07, 6.45) is 3.03. The summed E-state index contributed by atoms with van der Waals surface area (Å²) in [5, 5.41) is 11.6. The fourth-order valence-corrected chi connectivity index (χ4v) is 3.68. The number of hydrogen-bond acceptors (Lipinski definition) is 6. The molecule has 6 nitrogen and oxygen atoms in total. The third kappa shape index (κ3) is 4.95. The van der Waals surface area contributed by atoms with E-state index < -0.39 is 0 Å². The van der Waals surface area contributed by atoms with E-state index in [-0.39, 0.29) is 22.8 Å². The van der Waals surface area contributed by atoms with Crippen molar-refractivity contribution in [2.24, 2.45) is 0 Å². The molecule has 0 aliphatic carbocycles. The number of aromatic hydroxyl groups is 1. The van der Waals surface area contributed by atoms with Gasteiger partial charge in [-0.05, 0) is 30.8 Å². The largest absolute Gasteiger partial charge is 0.507 e. The molecular formula is C23H27ClN2O4. The minimum absolute atomic E-state index is 0.112. The number of carbonyl (C=O) groups is 1. The highest BCUT2D eigenvalue weighted by molar-refractivity contribution is 6.32. The minimum Gasteiger partial charge on any atom is -0.507 e. The third-order valence-corrected chi connectivity index (χ3v) is 5.66. The quantitative estimate of drug-likeness (QED) is 0.533. The lowest BCUT2D eigenvalue weighted by Gasteiger charge is -2.33. The van der Waals surface area contributed by atoms with Crippen molar-refractivity contribution < 1.29 is 19.4 Å². The van der Waals surface area contributed by atoms with Crippen LogP contribution in [0.3, 0.4) is 0 Å². The second kappa shape index (κ2) is 9.98. The van der Waals surface area contributed by atoms with Crippen molar-refractivity contribution in [3.8, 4) is 17.2 Å². The molecule has 160 valence electrons. The topological polar surface area (TPSA) is 62.2 Å². The van der Waals surface area contributed by atoms with Crippen molar-refractivity contribution >= 4 is 23.5 Å². The van der Waals surface area contributed by atoms with E-state index in [0.29, 0.717) is 22.9 Å². The molecule has 7 heteroatoms. The lowest BCUT2D eigenvalue weighted by Crippen LogP contribution is -2.43. The molecule has 2 aromatic rings. The van der Waals surface area contributed by atoms with Crippen LogP contribution >= 0.6 is 11.6 Å². The van der Waals surface area contributed by atoms with Crippen molar-refractivity contribution in [2.45, 2.75) is 6.54 Å². The van der Waals surface area contributed by atoms with Crippen LogP contribution in [0.25, 0.3) is 6.08 Å². The van der Waals surface area contributed by atoms with Gasteiger partial charge in [-0.1, -0.05) is 29.8 Å². The number of benzene rings is 2. The van der Waals surface area contributed by atoms with E-state index in [1.165, 1.54) is 13.2 Å². The van der Waals surface area contributed by atoms with E-state index in [1.54, 1.807) is 25.3 Å². The Morgan fingerprint density at radius 2 is 1.80 bits per heavy atom. The van der Waals surface area contributed by atoms with Crippen LogP contribution in [0.4, 0.5) is 0 Å². The van der Waals surface area contributed by atoms with E-state index in [0.717, 1.165) is 31.7 Å². The van der Waals surface area contributed by atoms with Crippen LogP contribution in [-0.4, -0.2) is 68.1 Å². The molecule has 1 heterocycles. The first kappa shape index (κ1) is 22.2. The predicted molar refractivity (Wildman–Crippen MR) is 119 cm³/mol. The van der Waals surface area contributed by atoms with E-state index >= 15 is 0 Å². The summed E-state index contributed by atoms with van der Waals surface area (Å²) in [5.74, 6) is 0.278. The Bertz CT molecular complexity index is 937. The zero-order valence-corrected chi connectivity index (χ0v) is 18.3. The minimum atomic E-state index is -0.369. The van der Waals surface area contributed by atoms with Crippen molar-refractivity contribution in [3.63, 3.8) is 0 Å². The van der Waals surface area contributed by atoms with Crippen molar-refractivity contribution in [1.29, 1.82) is 0 Å². The number of allylic oxidation sites excluding steroid dienone is 1. The average Bonchev–Trinajstić information content (AvgIpc) is 2.75. The maximum atomic E-state index is 13.0. The van der Waals surface area contributed by atoms with Gasteiger partial charge in [0.25, 0.3) is 0 Å². The average molecular weight is 431 g/mol. The van der Waals surface area contributed by atoms with Gasteiger partial charge < -0.3 is 19.5 Å². The number of hydrogen-bond donors (Lipinski definition) is 1. The van der Waals surface area contributed by atoms with Gasteiger partial charge in [-0.2, -0.15) is 0 Å². The summed E-state index contributed by atoms with van der Waals surface area (Å²) < 4.78 is 10.9. The molecule has 0 amide bonds. The van der Waals surface area contributed by atoms with Crippen molar-refractivity contribution in [1.82, 2.24) is 9.80 Å². The van der Waals surface area contributed by atoms with E-state index in [4.69, 9.17) is 21.1 Å². The monoisotopic (exact) mass is 430 g/mol. The second-order valence-electron chi connectivity index (χ2n) is 7.28. The lowest BCUT2D eigenvalue weighted by atomic mass is 10.0. The summed E-state index contributed by atoms with van der Waals surface area (Å²) in [4.78, 5) is 17.5. The maximum absolute atomic E-state index is 13.0. The molecule has 0 radical (unpaired) electrons. The van der Waals surface area contributed by atoms with Gasteiger partial charge in [0.15, 0.2) is 5.78 Å². The Hall–Kier alpha value is -2.54. The normalized spacial score (nSPS) is 15.5. The van der Waals surface area contributed by atoms with Gasteiger partial charge in [0.1, 0.15) is 22.8 Å². The Morgan fingerprint density at radius 1 is 1.13 bits per heavy atom. The van der Waals surface area contributed by atoms with Crippen LogP contribution < -0.4 is 9.47 Å². The number of phenolic OH excluding ortho intramolecular Hbond substituents is 1. The highest BCUT2D eigenvalue weighted by Gasteiger charge is 2.25. The number of carbonyl (C=O) groups excluding carboxylic acids is 1. The maximum Gasteiger partial charge on any atom is 0.193 e. The highest BCUT2D eigenvalue weighted by Crippen LogP contribution is 2.40. The highest BCUT2D eigenvalue weighted by atomic mass is 35.5. The van der Waals surface area contributed by atoms with E-state index in [9.17, 15) is 9.90 Å². The van der Waals surface area contributed by atoms with Crippen molar-refractivity contribution in [2.75, 3.05) is 47.4 Å². The second-order valence-corrected chi connectivity index (χ2v) is 7.69. The molecule has 3 rings (SSSR count). The molecule has 0 atom stereocenters. The number of likely N-dealkylation sites (N-methyl/N-ethyl adjacent to an activating group) is 1. The van der Waals surface area contributed by atoms with Gasteiger partial charge in [-0.25, -0.2) is 0 Å². The fourth-order valence-electron chi connectivity index (χ4n) is 3.49. The molecule has 1 aliphatic rings. The first-order chi connectivity index (χ1) is 14.4. The standard InChI is InChI=1S/C23H27ClN2O4/c1-25-10-12-26(13-11-25)15-17-20(29-2)14-21(30-3)22(23(17)28)19(27)9-8-16-6-4-5-7-18(16)24/h4-9,14,28H,10-13,15H2,1-3H3. The summed E-state index contributed by atoms with van der Waals surface area (Å²) >= 11 is 6.16. The van der Waals surface area contributed by atoms with Crippen LogP contribution in [0.1, 0.15) is 21.5 Å². The van der Waals surface area contributed by atoms with Gasteiger partial charge in [0, 0.05) is 43.8 Å². The summed E-state index contributed by atoms with van der Waals surface area (Å²) in [6.45, 7) is 4.14. The molecule has 1 fully saturated rings. The number of rotatable bonds is 7. The first-order valence-electron chi connectivity index (χ1n) is 9.79. The van der Waals surface area contributed by atoms with Gasteiger partial charge in [0.05, 0.1) is 19.8 Å². The molecule has 1 aliphatic heterocycles. The number of phenols is 1. The summed E-state index contributed by atoms with van der Waals surface area (Å²) in [6, 6.07) is 8.89. The zero-order valence-electron chi connectivity index (χ0n) is 17.5. The zero-order chi connectivity index (χ0) is 21.7. The van der Waals surface area contributed by atoms with Crippen LogP contribution in [0.5, 0.6) is 17.2 Å². The summed E-state index contributed by atoms with van der Waals surface area (Å²) in [5.41, 5.74) is 1.42. The number of piperazine rings is 1. The first-order valence-corrected chi connectivity index (χ1v) is 10.2. The molecule has 1 saturated heterocycles. The molecule has 0 unspecified atom stereocenters. The molecule has 0 bridgehead atoms. The number of methoxy groups -OCH3 is 2. The molecule has 1 N–H and O–H groups in total. The Morgan fingerprint density at radius 3 is 2.43 bits per heavy atom. The van der Waals surface area contributed by atoms with Crippen LogP contribution in [0.15, 0.2) is 36.4 Å². The number of ether oxygens (including phenoxy) is 2. The van der Waals surface area contributed by atoms with E-state index in [2.05, 4.69) is 16.8 Å². The Kier molecular flexibility index (Phi) is 7.37. The fraction of sp³-hybridized carbons (Fsp3) is 0.348. The van der Waals surface area contributed by atoms with Crippen LogP contribution in [0.2, 0.25) is 5.02 Å². The predicted octanol–water partition coefficient (Wildman–Crippen LogP) is 3.71. The van der Waals surface area contributed by atoms with Crippen molar-refractivity contribution in [3.05, 3.63) is 58.1 Å². The molecule has 0 spiro atoms. The van der Waals surface area contributed by atoms with Crippen LogP contribution in [-0.2, 0) is 6.54 Å². The summed E-state index contributed by atoms with van der Waals surface area (Å²) in [7, 11) is 5.09. The SMILES string of the molecule is COc1cc(OC)c(C(=O)C=Cc2ccccc2Cl)c(O)c1CN1CCN(C)CC1. The Labute approximate surface area is 182 Å². The van der Waals surface area contributed by atoms with Crippen LogP contribution in [0, 0.1) is 0 Å². The molecule has 2 aromatic carbocycles. The number of ketones is 1.